The van der Waals surface area contributed by atoms with Gasteiger partial charge in [0, 0.05) is 47.7 Å². The number of rotatable bonds is 21. The molecule has 0 aliphatic carbocycles. The Labute approximate surface area is 382 Å². The molecule has 67 heavy (non-hydrogen) atoms. The molecule has 0 radical (unpaired) electrons. The predicted molar refractivity (Wildman–Crippen MR) is 236 cm³/mol. The summed E-state index contributed by atoms with van der Waals surface area (Å²) in [4.78, 5) is 60.2. The lowest BCUT2D eigenvalue weighted by Gasteiger charge is -2.29. The molecule has 2 fully saturated rings. The molecule has 21 heteroatoms. The molecule has 0 saturated carbocycles. The summed E-state index contributed by atoms with van der Waals surface area (Å²) in [6.07, 6.45) is 2.26. The predicted octanol–water partition coefficient (Wildman–Crippen LogP) is 5.34. The molecule has 3 aromatic carbocycles. The Bertz CT molecular complexity index is 2830. The molecule has 17 nitrogen and oxygen atoms in total. The fraction of sp³-hybridized carbons (Fsp3) is 0.326. The van der Waals surface area contributed by atoms with Gasteiger partial charge in [-0.2, -0.15) is 12.7 Å². The molecule has 2 atom stereocenters. The van der Waals surface area contributed by atoms with Crippen molar-refractivity contribution in [2.45, 2.75) is 31.5 Å². The summed E-state index contributed by atoms with van der Waals surface area (Å²) in [5.41, 5.74) is 0.828. The quantitative estimate of drug-likeness (QED) is 0.0485. The molecule has 5 heterocycles. The van der Waals surface area contributed by atoms with E-state index in [1.165, 1.54) is 18.3 Å². The van der Waals surface area contributed by atoms with E-state index in [1.807, 2.05) is 4.72 Å². The third-order valence-corrected chi connectivity index (χ3v) is 12.7. The number of alkyl halides is 1. The SMILES string of the molecule is C=C1CCC(N2C(=O)c3ccc(OCCOCCOCCOCCOc4ccc(-c5cnc6[nH]cc(C(=O)c7c(F)ccc(NS(=O)(=O)N8CC[C@@H](F)C8)c7F)c6c5)cc4)cc3C2=O)C(=O)N1. The van der Waals surface area contributed by atoms with Gasteiger partial charge in [-0.05, 0) is 73.4 Å². The number of imide groups is 1. The number of allylic oxidation sites excluding steroid dienone is 1. The zero-order chi connectivity index (χ0) is 47.2. The van der Waals surface area contributed by atoms with Crippen LogP contribution < -0.4 is 19.5 Å². The van der Waals surface area contributed by atoms with Crippen molar-refractivity contribution in [3.8, 4) is 22.6 Å². The maximum atomic E-state index is 15.7. The van der Waals surface area contributed by atoms with Gasteiger partial charge in [0.1, 0.15) is 48.4 Å². The van der Waals surface area contributed by atoms with E-state index in [-0.39, 0.29) is 60.5 Å². The number of piperidine rings is 1. The zero-order valence-corrected chi connectivity index (χ0v) is 36.7. The van der Waals surface area contributed by atoms with Gasteiger partial charge in [0.15, 0.2) is 5.82 Å². The highest BCUT2D eigenvalue weighted by atomic mass is 32.2. The molecule has 0 spiro atoms. The topological polar surface area (TPSA) is 208 Å². The summed E-state index contributed by atoms with van der Waals surface area (Å²) in [6.45, 7) is 5.52. The van der Waals surface area contributed by atoms with Crippen molar-refractivity contribution in [3.63, 3.8) is 0 Å². The number of nitrogens with one attached hydrogen (secondary N) is 3. The maximum absolute atomic E-state index is 15.7. The first-order valence-electron chi connectivity index (χ1n) is 21.3. The van der Waals surface area contributed by atoms with Crippen molar-refractivity contribution in [1.82, 2.24) is 24.5 Å². The number of hydrogen-bond acceptors (Lipinski definition) is 12. The van der Waals surface area contributed by atoms with Gasteiger partial charge in [0.05, 0.1) is 62.0 Å². The van der Waals surface area contributed by atoms with Gasteiger partial charge in [-0.15, -0.1) is 0 Å². The Balaban J connectivity index is 0.724. The first-order chi connectivity index (χ1) is 32.3. The number of hydrogen-bond donors (Lipinski definition) is 3. The number of halogens is 3. The van der Waals surface area contributed by atoms with Crippen molar-refractivity contribution < 1.29 is 64.5 Å². The second-order valence-corrected chi connectivity index (χ2v) is 17.4. The number of pyridine rings is 1. The average molecular weight is 947 g/mol. The normalized spacial score (nSPS) is 17.6. The highest BCUT2D eigenvalue weighted by Gasteiger charge is 2.44. The van der Waals surface area contributed by atoms with Crippen molar-refractivity contribution in [3.05, 3.63) is 119 Å². The van der Waals surface area contributed by atoms with Gasteiger partial charge in [0.25, 0.3) is 11.8 Å². The standard InChI is InChI=1S/C46H45F3N6O11S/c1-27-2-11-39(44(57)52-27)55-45(58)33-8-7-32(23-35(33)46(55)59)66-21-19-64-17-15-62-14-16-63-18-20-65-31-5-3-28(4-6-31)29-22-34-36(25-51-43(34)50-24-29)42(56)40-37(48)9-10-38(41(40)49)53-67(60,61)54-13-12-30(47)26-54/h3-10,22-25,30,39,53H,1-2,11-21,26H2,(H,50,51)(H,52,57)/t30-,39?/m1/s1. The average Bonchev–Trinajstić information content (AvgIpc) is 4.02. The molecule has 1 unspecified atom stereocenters. The number of benzene rings is 3. The fourth-order valence-corrected chi connectivity index (χ4v) is 9.04. The summed E-state index contributed by atoms with van der Waals surface area (Å²) < 4.78 is 101. The van der Waals surface area contributed by atoms with E-state index < -0.39 is 75.4 Å². The minimum Gasteiger partial charge on any atom is -0.491 e. The van der Waals surface area contributed by atoms with Gasteiger partial charge >= 0.3 is 10.2 Å². The molecule has 3 N–H and O–H groups in total. The van der Waals surface area contributed by atoms with Crippen LogP contribution in [-0.2, 0) is 29.2 Å². The Kier molecular flexibility index (Phi) is 14.3. The van der Waals surface area contributed by atoms with Crippen molar-refractivity contribution in [2.75, 3.05) is 70.7 Å². The van der Waals surface area contributed by atoms with Crippen LogP contribution in [0.3, 0.4) is 0 Å². The van der Waals surface area contributed by atoms with Crippen LogP contribution in [-0.4, -0.2) is 129 Å². The first-order valence-corrected chi connectivity index (χ1v) is 22.7. The number of carbonyl (C=O) groups is 4. The van der Waals surface area contributed by atoms with E-state index in [0.717, 1.165) is 21.3 Å². The molecule has 0 bridgehead atoms. The number of fused-ring (bicyclic) bond motifs is 2. The molecular formula is C46H45F3N6O11S. The molecule has 5 aromatic rings. The summed E-state index contributed by atoms with van der Waals surface area (Å²) >= 11 is 0. The number of aromatic nitrogens is 2. The maximum Gasteiger partial charge on any atom is 0.301 e. The Morgan fingerprint density at radius 3 is 2.15 bits per heavy atom. The van der Waals surface area contributed by atoms with Crippen LogP contribution in [0.4, 0.5) is 18.9 Å². The van der Waals surface area contributed by atoms with E-state index >= 15 is 8.78 Å². The molecule has 3 aliphatic heterocycles. The zero-order valence-electron chi connectivity index (χ0n) is 35.9. The number of amides is 3. The van der Waals surface area contributed by atoms with Crippen molar-refractivity contribution >= 4 is 50.4 Å². The minimum atomic E-state index is -4.37. The van der Waals surface area contributed by atoms with Crippen LogP contribution in [0.5, 0.6) is 11.5 Å². The number of nitrogens with zero attached hydrogens (tertiary/aromatic N) is 3. The van der Waals surface area contributed by atoms with Crippen LogP contribution in [0.2, 0.25) is 0 Å². The van der Waals surface area contributed by atoms with E-state index in [9.17, 15) is 32.0 Å². The van der Waals surface area contributed by atoms with Gasteiger partial charge in [-0.3, -0.25) is 28.8 Å². The number of aromatic amines is 1. The smallest absolute Gasteiger partial charge is 0.301 e. The first kappa shape index (κ1) is 46.9. The summed E-state index contributed by atoms with van der Waals surface area (Å²) in [5, 5.41) is 2.89. The van der Waals surface area contributed by atoms with Crippen molar-refractivity contribution in [2.24, 2.45) is 0 Å². The van der Waals surface area contributed by atoms with E-state index in [1.54, 1.807) is 42.6 Å². The second kappa shape index (κ2) is 20.5. The third-order valence-electron chi connectivity index (χ3n) is 11.2. The second-order valence-electron chi connectivity index (χ2n) is 15.7. The lowest BCUT2D eigenvalue weighted by atomic mass is 10.00. The van der Waals surface area contributed by atoms with E-state index in [4.69, 9.17) is 23.7 Å². The Morgan fingerprint density at radius 2 is 1.48 bits per heavy atom. The highest BCUT2D eigenvalue weighted by molar-refractivity contribution is 7.90. The fourth-order valence-electron chi connectivity index (χ4n) is 7.77. The summed E-state index contributed by atoms with van der Waals surface area (Å²) in [6, 6.07) is 14.0. The number of ketones is 1. The molecular weight excluding hydrogens is 902 g/mol. The van der Waals surface area contributed by atoms with Gasteiger partial charge < -0.3 is 34.0 Å². The molecule has 3 aliphatic rings. The van der Waals surface area contributed by atoms with Crippen LogP contribution in [0.15, 0.2) is 85.3 Å². The molecule has 2 aromatic heterocycles. The largest absolute Gasteiger partial charge is 0.491 e. The lowest BCUT2D eigenvalue weighted by molar-refractivity contribution is -0.125. The van der Waals surface area contributed by atoms with Crippen LogP contribution in [0, 0.1) is 11.6 Å². The van der Waals surface area contributed by atoms with Gasteiger partial charge in [-0.25, -0.2) is 18.2 Å². The lowest BCUT2D eigenvalue weighted by Crippen LogP contribution is -2.51. The van der Waals surface area contributed by atoms with Crippen LogP contribution in [0.25, 0.3) is 22.2 Å². The molecule has 3 amide bonds. The third kappa shape index (κ3) is 10.5. The number of carbonyl (C=O) groups excluding carboxylic acids is 4. The molecule has 2 saturated heterocycles. The van der Waals surface area contributed by atoms with Crippen LogP contribution in [0.1, 0.15) is 55.9 Å². The number of ether oxygens (including phenoxy) is 5. The van der Waals surface area contributed by atoms with Crippen molar-refractivity contribution in [1.29, 1.82) is 0 Å². The Hall–Kier alpha value is -6.65. The van der Waals surface area contributed by atoms with E-state index in [2.05, 4.69) is 21.9 Å². The minimum absolute atomic E-state index is 0.0109. The van der Waals surface area contributed by atoms with Crippen LogP contribution >= 0.6 is 0 Å². The van der Waals surface area contributed by atoms with E-state index in [0.29, 0.717) is 74.2 Å². The number of H-pyrrole nitrogens is 1. The molecule has 8 rings (SSSR count). The highest BCUT2D eigenvalue weighted by Crippen LogP contribution is 2.33. The monoisotopic (exact) mass is 946 g/mol. The number of anilines is 1. The summed E-state index contributed by atoms with van der Waals surface area (Å²) in [7, 11) is -4.37. The summed E-state index contributed by atoms with van der Waals surface area (Å²) in [5.74, 6) is -4.18. The Morgan fingerprint density at radius 1 is 0.821 bits per heavy atom. The van der Waals surface area contributed by atoms with Gasteiger partial charge in [-0.1, -0.05) is 18.7 Å². The van der Waals surface area contributed by atoms with Gasteiger partial charge in [0.2, 0.25) is 11.7 Å². The molecule has 352 valence electrons.